The standard InChI is InChI=1S/C13H15BrF2N2O2/c1-7-6-18(4-3-13(7,15)16)12(20)9-5-10(14)8(2)17-11(9)19/h5,7H,3-4,6H2,1-2H3,(H,17,19). The average Bonchev–Trinajstić information content (AvgIpc) is 2.36. The van der Waals surface area contributed by atoms with E-state index < -0.39 is 23.3 Å². The van der Waals surface area contributed by atoms with Gasteiger partial charge in [-0.1, -0.05) is 6.92 Å². The van der Waals surface area contributed by atoms with E-state index >= 15 is 0 Å². The number of likely N-dealkylation sites (tertiary alicyclic amines) is 1. The van der Waals surface area contributed by atoms with E-state index in [0.717, 1.165) is 0 Å². The number of halogens is 3. The molecule has 1 amide bonds. The monoisotopic (exact) mass is 348 g/mol. The van der Waals surface area contributed by atoms with Crippen LogP contribution in [0.1, 0.15) is 29.4 Å². The van der Waals surface area contributed by atoms with Gasteiger partial charge >= 0.3 is 0 Å². The Morgan fingerprint density at radius 2 is 2.20 bits per heavy atom. The number of hydrogen-bond donors (Lipinski definition) is 1. The Morgan fingerprint density at radius 3 is 2.80 bits per heavy atom. The van der Waals surface area contributed by atoms with E-state index in [0.29, 0.717) is 10.2 Å². The van der Waals surface area contributed by atoms with Crippen molar-refractivity contribution in [2.24, 2.45) is 5.92 Å². The molecule has 1 aromatic heterocycles. The zero-order valence-electron chi connectivity index (χ0n) is 11.2. The number of carbonyl (C=O) groups excluding carboxylic acids is 1. The van der Waals surface area contributed by atoms with Crippen molar-refractivity contribution in [1.82, 2.24) is 9.88 Å². The number of amides is 1. The molecule has 1 aliphatic rings. The molecule has 2 heterocycles. The Labute approximate surface area is 123 Å². The first-order valence-corrected chi connectivity index (χ1v) is 7.08. The van der Waals surface area contributed by atoms with E-state index in [-0.39, 0.29) is 25.1 Å². The first-order chi connectivity index (χ1) is 9.22. The predicted octanol–water partition coefficient (Wildman–Crippen LogP) is 2.56. The van der Waals surface area contributed by atoms with Crippen LogP contribution in [0.3, 0.4) is 0 Å². The molecule has 1 fully saturated rings. The van der Waals surface area contributed by atoms with Crippen LogP contribution in [0.4, 0.5) is 8.78 Å². The van der Waals surface area contributed by atoms with Gasteiger partial charge in [0, 0.05) is 35.6 Å². The third kappa shape index (κ3) is 2.77. The number of aromatic nitrogens is 1. The zero-order valence-corrected chi connectivity index (χ0v) is 12.8. The fourth-order valence-electron chi connectivity index (χ4n) is 2.20. The molecule has 4 nitrogen and oxygen atoms in total. The van der Waals surface area contributed by atoms with Gasteiger partial charge in [0.1, 0.15) is 5.56 Å². The minimum absolute atomic E-state index is 0.0279. The molecule has 1 unspecified atom stereocenters. The van der Waals surface area contributed by atoms with Crippen LogP contribution in [-0.2, 0) is 0 Å². The Kier molecular flexibility index (Phi) is 4.00. The highest BCUT2D eigenvalue weighted by molar-refractivity contribution is 9.10. The van der Waals surface area contributed by atoms with Gasteiger partial charge in [0.15, 0.2) is 0 Å². The highest BCUT2D eigenvalue weighted by Gasteiger charge is 2.42. The number of aromatic amines is 1. The summed E-state index contributed by atoms with van der Waals surface area (Å²) in [6, 6.07) is 1.44. The third-order valence-corrected chi connectivity index (χ3v) is 4.45. The number of aryl methyl sites for hydroxylation is 1. The van der Waals surface area contributed by atoms with Crippen LogP contribution in [-0.4, -0.2) is 34.8 Å². The van der Waals surface area contributed by atoms with E-state index in [4.69, 9.17) is 0 Å². The minimum Gasteiger partial charge on any atom is -0.338 e. The van der Waals surface area contributed by atoms with E-state index in [1.54, 1.807) is 6.92 Å². The molecule has 1 aliphatic heterocycles. The number of hydrogen-bond acceptors (Lipinski definition) is 2. The second-order valence-corrected chi connectivity index (χ2v) is 6.00. The first kappa shape index (κ1) is 15.2. The molecule has 2 rings (SSSR count). The quantitative estimate of drug-likeness (QED) is 0.847. The van der Waals surface area contributed by atoms with Crippen LogP contribution in [0.2, 0.25) is 0 Å². The molecule has 0 bridgehead atoms. The molecule has 0 saturated carbocycles. The van der Waals surface area contributed by atoms with Crippen molar-refractivity contribution >= 4 is 21.8 Å². The molecule has 0 spiro atoms. The summed E-state index contributed by atoms with van der Waals surface area (Å²) >= 11 is 3.24. The second kappa shape index (κ2) is 5.27. The van der Waals surface area contributed by atoms with Crippen LogP contribution < -0.4 is 5.56 Å². The molecule has 20 heavy (non-hydrogen) atoms. The topological polar surface area (TPSA) is 53.2 Å². The Balaban J connectivity index is 2.25. The van der Waals surface area contributed by atoms with Gasteiger partial charge in [-0.2, -0.15) is 0 Å². The second-order valence-electron chi connectivity index (χ2n) is 5.15. The summed E-state index contributed by atoms with van der Waals surface area (Å²) in [4.78, 5) is 28.0. The van der Waals surface area contributed by atoms with Gasteiger partial charge < -0.3 is 9.88 Å². The number of carbonyl (C=O) groups is 1. The predicted molar refractivity (Wildman–Crippen MR) is 74.1 cm³/mol. The summed E-state index contributed by atoms with van der Waals surface area (Å²) in [5, 5.41) is 0. The summed E-state index contributed by atoms with van der Waals surface area (Å²) in [6.45, 7) is 3.02. The van der Waals surface area contributed by atoms with Crippen molar-refractivity contribution in [3.05, 3.63) is 32.2 Å². The van der Waals surface area contributed by atoms with Crippen molar-refractivity contribution in [3.63, 3.8) is 0 Å². The third-order valence-electron chi connectivity index (χ3n) is 3.62. The smallest absolute Gasteiger partial charge is 0.261 e. The maximum atomic E-state index is 13.4. The van der Waals surface area contributed by atoms with Gasteiger partial charge in [-0.25, -0.2) is 8.78 Å². The molecule has 0 aromatic carbocycles. The lowest BCUT2D eigenvalue weighted by molar-refractivity contribution is -0.0921. The van der Waals surface area contributed by atoms with E-state index in [1.807, 2.05) is 0 Å². The summed E-state index contributed by atoms with van der Waals surface area (Å²) in [5.74, 6) is -4.17. The largest absolute Gasteiger partial charge is 0.338 e. The lowest BCUT2D eigenvalue weighted by Crippen LogP contribution is -2.49. The summed E-state index contributed by atoms with van der Waals surface area (Å²) < 4.78 is 27.4. The summed E-state index contributed by atoms with van der Waals surface area (Å²) in [7, 11) is 0. The van der Waals surface area contributed by atoms with Gasteiger partial charge in [-0.3, -0.25) is 9.59 Å². The van der Waals surface area contributed by atoms with Gasteiger partial charge in [0.05, 0.1) is 0 Å². The lowest BCUT2D eigenvalue weighted by atomic mass is 9.95. The highest BCUT2D eigenvalue weighted by atomic mass is 79.9. The molecular formula is C13H15BrF2N2O2. The highest BCUT2D eigenvalue weighted by Crippen LogP contribution is 2.33. The van der Waals surface area contributed by atoms with Crippen molar-refractivity contribution < 1.29 is 13.6 Å². The zero-order chi connectivity index (χ0) is 15.1. The van der Waals surface area contributed by atoms with E-state index in [1.165, 1.54) is 17.9 Å². The van der Waals surface area contributed by atoms with Gasteiger partial charge in [0.2, 0.25) is 0 Å². The molecule has 0 radical (unpaired) electrons. The van der Waals surface area contributed by atoms with E-state index in [2.05, 4.69) is 20.9 Å². The average molecular weight is 349 g/mol. The van der Waals surface area contributed by atoms with Crippen LogP contribution in [0.15, 0.2) is 15.3 Å². The Hall–Kier alpha value is -1.24. The molecule has 1 saturated heterocycles. The van der Waals surface area contributed by atoms with Crippen LogP contribution in [0, 0.1) is 12.8 Å². The van der Waals surface area contributed by atoms with Crippen molar-refractivity contribution in [1.29, 1.82) is 0 Å². The summed E-state index contributed by atoms with van der Waals surface area (Å²) in [5.41, 5.74) is 0.0886. The number of nitrogens with zero attached hydrogens (tertiary/aromatic N) is 1. The molecular weight excluding hydrogens is 334 g/mol. The minimum atomic E-state index is -2.75. The van der Waals surface area contributed by atoms with Crippen LogP contribution >= 0.6 is 15.9 Å². The number of nitrogens with one attached hydrogen (secondary N) is 1. The molecule has 0 aliphatic carbocycles. The fraction of sp³-hybridized carbons (Fsp3) is 0.538. The molecule has 1 atom stereocenters. The van der Waals surface area contributed by atoms with Gasteiger partial charge in [-0.05, 0) is 28.9 Å². The van der Waals surface area contributed by atoms with E-state index in [9.17, 15) is 18.4 Å². The number of alkyl halides is 2. The van der Waals surface area contributed by atoms with Gasteiger partial charge in [-0.15, -0.1) is 0 Å². The number of H-pyrrole nitrogens is 1. The fourth-order valence-corrected chi connectivity index (χ4v) is 2.53. The van der Waals surface area contributed by atoms with Gasteiger partial charge in [0.25, 0.3) is 17.4 Å². The Bertz CT molecular complexity index is 601. The molecule has 7 heteroatoms. The Morgan fingerprint density at radius 1 is 1.55 bits per heavy atom. The molecule has 1 aromatic rings. The van der Waals surface area contributed by atoms with Crippen molar-refractivity contribution in [2.45, 2.75) is 26.2 Å². The number of pyridine rings is 1. The van der Waals surface area contributed by atoms with Crippen molar-refractivity contribution in [2.75, 3.05) is 13.1 Å². The molecule has 1 N–H and O–H groups in total. The van der Waals surface area contributed by atoms with Crippen LogP contribution in [0.5, 0.6) is 0 Å². The maximum Gasteiger partial charge on any atom is 0.261 e. The normalized spacial score (nSPS) is 21.9. The molecule has 110 valence electrons. The van der Waals surface area contributed by atoms with Crippen LogP contribution in [0.25, 0.3) is 0 Å². The SMILES string of the molecule is Cc1[nH]c(=O)c(C(=O)N2CCC(F)(F)C(C)C2)cc1Br. The number of rotatable bonds is 1. The first-order valence-electron chi connectivity index (χ1n) is 6.29. The summed E-state index contributed by atoms with van der Waals surface area (Å²) in [6.07, 6.45) is -0.370. The van der Waals surface area contributed by atoms with Crippen molar-refractivity contribution in [3.8, 4) is 0 Å². The number of piperidine rings is 1. The lowest BCUT2D eigenvalue weighted by Gasteiger charge is -2.36. The maximum absolute atomic E-state index is 13.4.